The summed E-state index contributed by atoms with van der Waals surface area (Å²) in [5.74, 6) is 1.42. The van der Waals surface area contributed by atoms with Crippen LogP contribution in [0.1, 0.15) is 20.8 Å². The van der Waals surface area contributed by atoms with E-state index in [0.717, 1.165) is 20.4 Å². The molecule has 0 fully saturated rings. The fourth-order valence-electron chi connectivity index (χ4n) is 0. The number of hydrogen-bond acceptors (Lipinski definition) is 1. The molecule has 0 aromatic rings. The van der Waals surface area contributed by atoms with E-state index in [1.807, 2.05) is 0 Å². The van der Waals surface area contributed by atoms with Crippen molar-refractivity contribution in [1.29, 1.82) is 0 Å². The van der Waals surface area contributed by atoms with Crippen LogP contribution in [0, 0.1) is 5.92 Å². The molecule has 0 heterocycles. The molecule has 1 radical (unpaired) electrons. The SMILES string of the molecule is C[C](C)C.[O]=[Ti]. The van der Waals surface area contributed by atoms with E-state index >= 15 is 0 Å². The fourth-order valence-corrected chi connectivity index (χ4v) is 0. The van der Waals surface area contributed by atoms with Gasteiger partial charge in [-0.15, -0.1) is 0 Å². The van der Waals surface area contributed by atoms with E-state index in [4.69, 9.17) is 3.32 Å². The van der Waals surface area contributed by atoms with E-state index in [0.29, 0.717) is 0 Å². The van der Waals surface area contributed by atoms with Gasteiger partial charge in [0, 0.05) is 0 Å². The molecular weight excluding hydrogens is 112 g/mol. The van der Waals surface area contributed by atoms with Crippen LogP contribution < -0.4 is 0 Å². The van der Waals surface area contributed by atoms with Crippen LogP contribution in [0.15, 0.2) is 0 Å². The minimum absolute atomic E-state index is 0.750. The van der Waals surface area contributed by atoms with Crippen molar-refractivity contribution in [2.45, 2.75) is 20.8 Å². The molecular formula is C4H9OTi. The summed E-state index contributed by atoms with van der Waals surface area (Å²) in [4.78, 5) is 0. The predicted octanol–water partition coefficient (Wildman–Crippen LogP) is 1.50. The van der Waals surface area contributed by atoms with Gasteiger partial charge in [-0.1, -0.05) is 20.8 Å². The summed E-state index contributed by atoms with van der Waals surface area (Å²) in [7, 11) is 0. The predicted molar refractivity (Wildman–Crippen MR) is 21.0 cm³/mol. The van der Waals surface area contributed by atoms with Crippen molar-refractivity contribution in [2.75, 3.05) is 0 Å². The number of rotatable bonds is 0. The van der Waals surface area contributed by atoms with Crippen molar-refractivity contribution in [2.24, 2.45) is 0 Å². The van der Waals surface area contributed by atoms with Gasteiger partial charge in [-0.3, -0.25) is 0 Å². The van der Waals surface area contributed by atoms with E-state index in [1.165, 1.54) is 5.92 Å². The third-order valence-corrected chi connectivity index (χ3v) is 0. The molecule has 0 atom stereocenters. The van der Waals surface area contributed by atoms with Gasteiger partial charge in [-0.05, 0) is 5.92 Å². The molecule has 0 aromatic carbocycles. The molecule has 0 spiro atoms. The Morgan fingerprint density at radius 1 is 1.17 bits per heavy atom. The van der Waals surface area contributed by atoms with Gasteiger partial charge in [0.25, 0.3) is 0 Å². The van der Waals surface area contributed by atoms with Crippen molar-refractivity contribution >= 4 is 0 Å². The molecule has 0 unspecified atom stereocenters. The first-order valence-corrected chi connectivity index (χ1v) is 2.34. The Kier molecular flexibility index (Phi) is 14.7. The van der Waals surface area contributed by atoms with Crippen LogP contribution in [0.25, 0.3) is 0 Å². The maximum atomic E-state index is 8.25. The quantitative estimate of drug-likeness (QED) is 0.444. The van der Waals surface area contributed by atoms with E-state index in [2.05, 4.69) is 20.8 Å². The number of hydrogen-bond donors (Lipinski definition) is 0. The third-order valence-electron chi connectivity index (χ3n) is 0. The summed E-state index contributed by atoms with van der Waals surface area (Å²) in [5.41, 5.74) is 0. The second-order valence-corrected chi connectivity index (χ2v) is 1.50. The molecule has 0 aliphatic heterocycles. The molecule has 0 aliphatic carbocycles. The molecule has 35 valence electrons. The average molecular weight is 121 g/mol. The summed E-state index contributed by atoms with van der Waals surface area (Å²) in [6, 6.07) is 0. The molecule has 0 N–H and O–H groups in total. The monoisotopic (exact) mass is 121 g/mol. The molecule has 0 aliphatic rings. The van der Waals surface area contributed by atoms with E-state index < -0.39 is 0 Å². The second kappa shape index (κ2) is 9.10. The first-order valence-electron chi connectivity index (χ1n) is 1.70. The Morgan fingerprint density at radius 2 is 1.17 bits per heavy atom. The van der Waals surface area contributed by atoms with Crippen molar-refractivity contribution in [3.63, 3.8) is 0 Å². The summed E-state index contributed by atoms with van der Waals surface area (Å²) < 4.78 is 8.25. The van der Waals surface area contributed by atoms with Gasteiger partial charge in [0.1, 0.15) is 0 Å². The Hall–Kier alpha value is 0.514. The first kappa shape index (κ1) is 9.72. The van der Waals surface area contributed by atoms with Gasteiger partial charge >= 0.3 is 23.7 Å². The third kappa shape index (κ3) is 211. The molecule has 0 rings (SSSR count). The Balaban J connectivity index is 0. The Labute approximate surface area is 50.9 Å². The standard InChI is InChI=1S/C4H9.O.Ti/c1-4(2)3;;/h1-3H3;;. The normalized spacial score (nSPS) is 6.50. The zero-order valence-corrected chi connectivity index (χ0v) is 5.97. The van der Waals surface area contributed by atoms with E-state index in [1.54, 1.807) is 0 Å². The fraction of sp³-hybridized carbons (Fsp3) is 0.750. The van der Waals surface area contributed by atoms with Gasteiger partial charge < -0.3 is 0 Å². The first-order chi connectivity index (χ1) is 2.73. The van der Waals surface area contributed by atoms with Gasteiger partial charge in [0.2, 0.25) is 0 Å². The van der Waals surface area contributed by atoms with Crippen LogP contribution in [0.3, 0.4) is 0 Å². The van der Waals surface area contributed by atoms with Crippen molar-refractivity contribution in [3.05, 3.63) is 5.92 Å². The molecule has 0 bridgehead atoms. The topological polar surface area (TPSA) is 17.1 Å². The zero-order valence-electron chi connectivity index (χ0n) is 4.41. The van der Waals surface area contributed by atoms with Crippen molar-refractivity contribution in [1.82, 2.24) is 0 Å². The molecule has 0 saturated heterocycles. The van der Waals surface area contributed by atoms with Crippen LogP contribution in [-0.2, 0) is 23.7 Å². The van der Waals surface area contributed by atoms with Crippen LogP contribution in [-0.4, -0.2) is 0 Å². The van der Waals surface area contributed by atoms with Crippen LogP contribution >= 0.6 is 0 Å². The summed E-state index contributed by atoms with van der Waals surface area (Å²) >= 11 is 0.750. The van der Waals surface area contributed by atoms with Gasteiger partial charge in [-0.2, -0.15) is 0 Å². The van der Waals surface area contributed by atoms with Crippen molar-refractivity contribution < 1.29 is 23.7 Å². The molecule has 6 heavy (non-hydrogen) atoms. The van der Waals surface area contributed by atoms with Gasteiger partial charge in [0.05, 0.1) is 0 Å². The van der Waals surface area contributed by atoms with E-state index in [-0.39, 0.29) is 0 Å². The van der Waals surface area contributed by atoms with Gasteiger partial charge in [0.15, 0.2) is 0 Å². The molecule has 0 aromatic heterocycles. The van der Waals surface area contributed by atoms with Gasteiger partial charge in [-0.25, -0.2) is 0 Å². The van der Waals surface area contributed by atoms with Crippen LogP contribution in [0.5, 0.6) is 0 Å². The summed E-state index contributed by atoms with van der Waals surface area (Å²) in [6.07, 6.45) is 0. The molecule has 2 heteroatoms. The molecule has 1 nitrogen and oxygen atoms in total. The molecule has 0 saturated carbocycles. The Bertz CT molecular complexity index is 18.8. The summed E-state index contributed by atoms with van der Waals surface area (Å²) in [6.45, 7) is 6.25. The minimum atomic E-state index is 0.750. The Morgan fingerprint density at radius 3 is 1.17 bits per heavy atom. The zero-order chi connectivity index (χ0) is 5.58. The average Bonchev–Trinajstić information content (AvgIpc) is 1.41. The molecule has 0 amide bonds. The summed E-state index contributed by atoms with van der Waals surface area (Å²) in [5, 5.41) is 0. The van der Waals surface area contributed by atoms with E-state index in [9.17, 15) is 0 Å². The van der Waals surface area contributed by atoms with Crippen LogP contribution in [0.4, 0.5) is 0 Å². The second-order valence-electron chi connectivity index (χ2n) is 1.50. The van der Waals surface area contributed by atoms with Crippen LogP contribution in [0.2, 0.25) is 0 Å². The maximum absolute atomic E-state index is 8.25. The van der Waals surface area contributed by atoms with Crippen molar-refractivity contribution in [3.8, 4) is 0 Å².